The molecule has 0 aliphatic carbocycles. The summed E-state index contributed by atoms with van der Waals surface area (Å²) < 4.78 is 5.14. The Hall–Kier alpha value is -0.390. The van der Waals surface area contributed by atoms with Gasteiger partial charge in [0.05, 0.1) is 6.61 Å². The molecule has 0 aromatic heterocycles. The predicted octanol–water partition coefficient (Wildman–Crippen LogP) is 1.85. The molecule has 0 amide bonds. The Morgan fingerprint density at radius 3 is 2.45 bits per heavy atom. The van der Waals surface area contributed by atoms with E-state index < -0.39 is 0 Å². The number of likely N-dealkylation sites (tertiary alicyclic amines) is 2. The molecule has 0 aromatic rings. The Morgan fingerprint density at radius 2 is 1.85 bits per heavy atom. The van der Waals surface area contributed by atoms with Crippen molar-refractivity contribution in [2.45, 2.75) is 51.1 Å². The Balaban J connectivity index is 1.71. The van der Waals surface area contributed by atoms with Crippen molar-refractivity contribution in [1.29, 1.82) is 0 Å². The van der Waals surface area contributed by atoms with Gasteiger partial charge in [0.2, 0.25) is 0 Å². The number of piperidine rings is 2. The van der Waals surface area contributed by atoms with Crippen LogP contribution in [0.15, 0.2) is 0 Å². The molecule has 2 fully saturated rings. The third-order valence-electron chi connectivity index (χ3n) is 4.45. The SMILES string of the molecule is COCC(C)NC(=S)N1CCC(N2CCCCC2)CC1. The molecule has 2 rings (SSSR count). The molecular formula is C15H29N3OS. The molecule has 0 radical (unpaired) electrons. The van der Waals surface area contributed by atoms with Crippen LogP contribution in [0.1, 0.15) is 39.0 Å². The lowest BCUT2D eigenvalue weighted by molar-refractivity contribution is 0.114. The van der Waals surface area contributed by atoms with Crippen LogP contribution < -0.4 is 5.32 Å². The number of ether oxygens (including phenoxy) is 1. The van der Waals surface area contributed by atoms with Crippen molar-refractivity contribution in [2.24, 2.45) is 0 Å². The Morgan fingerprint density at radius 1 is 1.20 bits per heavy atom. The fourth-order valence-corrected chi connectivity index (χ4v) is 3.70. The van der Waals surface area contributed by atoms with Gasteiger partial charge in [0.25, 0.3) is 0 Å². The number of thiocarbonyl (C=S) groups is 1. The second kappa shape index (κ2) is 8.15. The Labute approximate surface area is 128 Å². The first kappa shape index (κ1) is 16.0. The van der Waals surface area contributed by atoms with Crippen LogP contribution in [0.25, 0.3) is 0 Å². The number of hydrogen-bond donors (Lipinski definition) is 1. The lowest BCUT2D eigenvalue weighted by Gasteiger charge is -2.41. The highest BCUT2D eigenvalue weighted by Gasteiger charge is 2.26. The molecule has 2 aliphatic rings. The highest BCUT2D eigenvalue weighted by atomic mass is 32.1. The van der Waals surface area contributed by atoms with Gasteiger partial charge in [0.1, 0.15) is 0 Å². The number of hydrogen-bond acceptors (Lipinski definition) is 3. The lowest BCUT2D eigenvalue weighted by Crippen LogP contribution is -2.52. The van der Waals surface area contributed by atoms with Gasteiger partial charge in [-0.15, -0.1) is 0 Å². The monoisotopic (exact) mass is 299 g/mol. The molecule has 2 heterocycles. The summed E-state index contributed by atoms with van der Waals surface area (Å²) in [6.07, 6.45) is 6.69. The molecule has 116 valence electrons. The Bertz CT molecular complexity index is 299. The van der Waals surface area contributed by atoms with Gasteiger partial charge in [-0.1, -0.05) is 6.42 Å². The Kier molecular flexibility index (Phi) is 6.52. The zero-order chi connectivity index (χ0) is 14.4. The summed E-state index contributed by atoms with van der Waals surface area (Å²) in [7, 11) is 1.73. The number of methoxy groups -OCH3 is 1. The van der Waals surface area contributed by atoms with Gasteiger partial charge in [0.15, 0.2) is 5.11 Å². The average molecular weight is 299 g/mol. The quantitative estimate of drug-likeness (QED) is 0.800. The summed E-state index contributed by atoms with van der Waals surface area (Å²) in [5, 5.41) is 4.26. The maximum atomic E-state index is 5.51. The van der Waals surface area contributed by atoms with E-state index in [0.717, 1.165) is 24.2 Å². The molecule has 1 atom stereocenters. The van der Waals surface area contributed by atoms with E-state index in [-0.39, 0.29) is 6.04 Å². The highest BCUT2D eigenvalue weighted by molar-refractivity contribution is 7.80. The number of nitrogens with one attached hydrogen (secondary N) is 1. The largest absolute Gasteiger partial charge is 0.383 e. The van der Waals surface area contributed by atoms with Crippen molar-refractivity contribution in [1.82, 2.24) is 15.1 Å². The van der Waals surface area contributed by atoms with E-state index in [4.69, 9.17) is 17.0 Å². The minimum absolute atomic E-state index is 0.285. The lowest BCUT2D eigenvalue weighted by atomic mass is 10.0. The van der Waals surface area contributed by atoms with Crippen molar-refractivity contribution in [3.8, 4) is 0 Å². The molecule has 0 spiro atoms. The van der Waals surface area contributed by atoms with E-state index in [1.807, 2.05) is 0 Å². The molecule has 0 bridgehead atoms. The predicted molar refractivity (Wildman–Crippen MR) is 87.1 cm³/mol. The van der Waals surface area contributed by atoms with Crippen molar-refractivity contribution in [3.63, 3.8) is 0 Å². The van der Waals surface area contributed by atoms with Crippen LogP contribution in [0, 0.1) is 0 Å². The molecular weight excluding hydrogens is 270 g/mol. The fraction of sp³-hybridized carbons (Fsp3) is 0.933. The summed E-state index contributed by atoms with van der Waals surface area (Å²) in [6, 6.07) is 1.07. The second-order valence-electron chi connectivity index (χ2n) is 6.12. The normalized spacial score (nSPS) is 23.6. The molecule has 5 heteroatoms. The maximum Gasteiger partial charge on any atom is 0.169 e. The van der Waals surface area contributed by atoms with Gasteiger partial charge < -0.3 is 19.9 Å². The molecule has 1 unspecified atom stereocenters. The van der Waals surface area contributed by atoms with Crippen LogP contribution >= 0.6 is 12.2 Å². The summed E-state index contributed by atoms with van der Waals surface area (Å²) in [5.41, 5.74) is 0. The smallest absolute Gasteiger partial charge is 0.169 e. The van der Waals surface area contributed by atoms with Gasteiger partial charge >= 0.3 is 0 Å². The van der Waals surface area contributed by atoms with Crippen LogP contribution in [0.3, 0.4) is 0 Å². The van der Waals surface area contributed by atoms with Gasteiger partial charge in [-0.05, 0) is 57.9 Å². The summed E-state index contributed by atoms with van der Waals surface area (Å²) in [5.74, 6) is 0. The topological polar surface area (TPSA) is 27.7 Å². The average Bonchev–Trinajstić information content (AvgIpc) is 2.48. The second-order valence-corrected chi connectivity index (χ2v) is 6.51. The van der Waals surface area contributed by atoms with Gasteiger partial charge in [-0.2, -0.15) is 0 Å². The van der Waals surface area contributed by atoms with Gasteiger partial charge in [-0.3, -0.25) is 0 Å². The molecule has 20 heavy (non-hydrogen) atoms. The molecule has 0 saturated carbocycles. The number of nitrogens with zero attached hydrogens (tertiary/aromatic N) is 2. The fourth-order valence-electron chi connectivity index (χ4n) is 3.31. The minimum atomic E-state index is 0.285. The van der Waals surface area contributed by atoms with Crippen molar-refractivity contribution in [3.05, 3.63) is 0 Å². The summed E-state index contributed by atoms with van der Waals surface area (Å²) in [6.45, 7) is 7.59. The van der Waals surface area contributed by atoms with E-state index in [0.29, 0.717) is 6.61 Å². The molecule has 1 N–H and O–H groups in total. The van der Waals surface area contributed by atoms with E-state index in [1.165, 1.54) is 45.2 Å². The molecule has 2 aliphatic heterocycles. The first-order chi connectivity index (χ1) is 9.70. The zero-order valence-corrected chi connectivity index (χ0v) is 13.8. The van der Waals surface area contributed by atoms with Crippen LogP contribution in [0.2, 0.25) is 0 Å². The van der Waals surface area contributed by atoms with E-state index in [1.54, 1.807) is 7.11 Å². The van der Waals surface area contributed by atoms with Gasteiger partial charge in [-0.25, -0.2) is 0 Å². The van der Waals surface area contributed by atoms with Gasteiger partial charge in [0, 0.05) is 32.3 Å². The van der Waals surface area contributed by atoms with Crippen LogP contribution in [0.4, 0.5) is 0 Å². The molecule has 0 aromatic carbocycles. The van der Waals surface area contributed by atoms with Crippen LogP contribution in [0.5, 0.6) is 0 Å². The first-order valence-electron chi connectivity index (χ1n) is 7.99. The highest BCUT2D eigenvalue weighted by Crippen LogP contribution is 2.20. The van der Waals surface area contributed by atoms with Crippen molar-refractivity contribution >= 4 is 17.3 Å². The minimum Gasteiger partial charge on any atom is -0.383 e. The van der Waals surface area contributed by atoms with E-state index >= 15 is 0 Å². The third kappa shape index (κ3) is 4.57. The first-order valence-corrected chi connectivity index (χ1v) is 8.40. The molecule has 4 nitrogen and oxygen atoms in total. The van der Waals surface area contributed by atoms with E-state index in [9.17, 15) is 0 Å². The maximum absolute atomic E-state index is 5.51. The number of rotatable bonds is 4. The van der Waals surface area contributed by atoms with E-state index in [2.05, 4.69) is 22.0 Å². The summed E-state index contributed by atoms with van der Waals surface area (Å²) >= 11 is 5.51. The van der Waals surface area contributed by atoms with Crippen molar-refractivity contribution < 1.29 is 4.74 Å². The van der Waals surface area contributed by atoms with Crippen LogP contribution in [-0.2, 0) is 4.74 Å². The van der Waals surface area contributed by atoms with Crippen molar-refractivity contribution in [2.75, 3.05) is 39.9 Å². The molecule has 2 saturated heterocycles. The zero-order valence-electron chi connectivity index (χ0n) is 12.9. The van der Waals surface area contributed by atoms with Crippen LogP contribution in [-0.4, -0.2) is 66.9 Å². The summed E-state index contributed by atoms with van der Waals surface area (Å²) in [4.78, 5) is 5.02. The standard InChI is InChI=1S/C15H29N3OS/c1-13(12-19-2)16-15(20)18-10-6-14(7-11-18)17-8-4-3-5-9-17/h13-14H,3-12H2,1-2H3,(H,16,20). The third-order valence-corrected chi connectivity index (χ3v) is 4.82.